The fourth-order valence-corrected chi connectivity index (χ4v) is 2.02. The SMILES string of the molecule is CC(=O)C(Cl)c1cccc(C(O)C(=O)O)c1S. The molecule has 0 saturated carbocycles. The minimum Gasteiger partial charge on any atom is -0.479 e. The van der Waals surface area contributed by atoms with Gasteiger partial charge in [0.15, 0.2) is 11.9 Å². The molecular weight excluding hydrogens is 264 g/mol. The van der Waals surface area contributed by atoms with Gasteiger partial charge in [0.1, 0.15) is 5.38 Å². The fourth-order valence-electron chi connectivity index (χ4n) is 1.36. The molecule has 0 aliphatic rings. The molecule has 0 aliphatic heterocycles. The number of hydrogen-bond acceptors (Lipinski definition) is 4. The average molecular weight is 275 g/mol. The van der Waals surface area contributed by atoms with Crippen molar-refractivity contribution in [2.24, 2.45) is 0 Å². The van der Waals surface area contributed by atoms with Gasteiger partial charge in [-0.3, -0.25) is 4.79 Å². The number of carboxylic acids is 1. The molecule has 0 radical (unpaired) electrons. The first-order chi connectivity index (χ1) is 7.86. The van der Waals surface area contributed by atoms with Crippen molar-refractivity contribution in [1.82, 2.24) is 0 Å². The maximum absolute atomic E-state index is 11.2. The van der Waals surface area contributed by atoms with Gasteiger partial charge in [-0.1, -0.05) is 18.2 Å². The summed E-state index contributed by atoms with van der Waals surface area (Å²) in [5.41, 5.74) is 0.505. The third kappa shape index (κ3) is 3.00. The summed E-state index contributed by atoms with van der Waals surface area (Å²) in [4.78, 5) is 22.1. The van der Waals surface area contributed by atoms with Crippen LogP contribution in [-0.4, -0.2) is 22.0 Å². The summed E-state index contributed by atoms with van der Waals surface area (Å²) in [5.74, 6) is -1.66. The number of Topliss-reactive ketones (excluding diaryl/α,β-unsaturated/α-hetero) is 1. The van der Waals surface area contributed by atoms with Gasteiger partial charge in [0.25, 0.3) is 0 Å². The monoisotopic (exact) mass is 274 g/mol. The summed E-state index contributed by atoms with van der Waals surface area (Å²) in [7, 11) is 0. The second-order valence-corrected chi connectivity index (χ2v) is 4.38. The molecule has 0 heterocycles. The summed E-state index contributed by atoms with van der Waals surface area (Å²) >= 11 is 9.99. The Kier molecular flexibility index (Phi) is 4.56. The van der Waals surface area contributed by atoms with Crippen molar-refractivity contribution >= 4 is 36.0 Å². The Hall–Kier alpha value is -1.04. The highest BCUT2D eigenvalue weighted by Crippen LogP contribution is 2.32. The van der Waals surface area contributed by atoms with Gasteiger partial charge in [-0.25, -0.2) is 4.79 Å². The number of carbonyl (C=O) groups is 2. The van der Waals surface area contributed by atoms with Gasteiger partial charge in [0, 0.05) is 10.5 Å². The molecule has 6 heteroatoms. The van der Waals surface area contributed by atoms with Crippen LogP contribution in [0.5, 0.6) is 0 Å². The Morgan fingerprint density at radius 3 is 2.35 bits per heavy atom. The largest absolute Gasteiger partial charge is 0.479 e. The van der Waals surface area contributed by atoms with Crippen LogP contribution in [0.4, 0.5) is 0 Å². The number of halogens is 1. The highest BCUT2D eigenvalue weighted by Gasteiger charge is 2.23. The van der Waals surface area contributed by atoms with E-state index in [1.54, 1.807) is 6.07 Å². The molecule has 0 aliphatic carbocycles. The molecule has 2 unspecified atom stereocenters. The smallest absolute Gasteiger partial charge is 0.337 e. The first kappa shape index (κ1) is 14.0. The molecule has 2 N–H and O–H groups in total. The number of aliphatic hydroxyl groups is 1. The van der Waals surface area contributed by atoms with Crippen molar-refractivity contribution in [3.63, 3.8) is 0 Å². The van der Waals surface area contributed by atoms with Crippen LogP contribution in [0.2, 0.25) is 0 Å². The number of rotatable bonds is 4. The van der Waals surface area contributed by atoms with Crippen molar-refractivity contribution in [3.05, 3.63) is 29.3 Å². The van der Waals surface area contributed by atoms with E-state index >= 15 is 0 Å². The Morgan fingerprint density at radius 1 is 1.35 bits per heavy atom. The summed E-state index contributed by atoms with van der Waals surface area (Å²) < 4.78 is 0. The molecule has 17 heavy (non-hydrogen) atoms. The Labute approximate surface area is 109 Å². The molecule has 0 amide bonds. The van der Waals surface area contributed by atoms with Crippen LogP contribution in [0.25, 0.3) is 0 Å². The van der Waals surface area contributed by atoms with Gasteiger partial charge in [0.05, 0.1) is 0 Å². The molecule has 1 aromatic rings. The second kappa shape index (κ2) is 5.53. The molecular formula is C11H11ClO4S. The second-order valence-electron chi connectivity index (χ2n) is 3.50. The molecule has 2 atom stereocenters. The van der Waals surface area contributed by atoms with Crippen LogP contribution < -0.4 is 0 Å². The molecule has 92 valence electrons. The number of aliphatic carboxylic acids is 1. The van der Waals surface area contributed by atoms with E-state index < -0.39 is 17.5 Å². The minimum atomic E-state index is -1.68. The first-order valence-electron chi connectivity index (χ1n) is 4.73. The van der Waals surface area contributed by atoms with E-state index in [1.807, 2.05) is 0 Å². The third-order valence-corrected chi connectivity index (χ3v) is 3.32. The number of hydrogen-bond donors (Lipinski definition) is 3. The van der Waals surface area contributed by atoms with E-state index in [-0.39, 0.29) is 16.2 Å². The van der Waals surface area contributed by atoms with E-state index in [1.165, 1.54) is 19.1 Å². The zero-order valence-corrected chi connectivity index (χ0v) is 10.6. The van der Waals surface area contributed by atoms with Crippen molar-refractivity contribution in [1.29, 1.82) is 0 Å². The molecule has 1 rings (SSSR count). The summed E-state index contributed by atoms with van der Waals surface area (Å²) in [6.07, 6.45) is -1.68. The van der Waals surface area contributed by atoms with Gasteiger partial charge in [-0.15, -0.1) is 24.2 Å². The minimum absolute atomic E-state index is 0.116. The van der Waals surface area contributed by atoms with Crippen LogP contribution in [-0.2, 0) is 9.59 Å². The normalized spacial score (nSPS) is 14.1. The predicted octanol–water partition coefficient (Wildman–Crippen LogP) is 1.96. The number of carbonyl (C=O) groups excluding carboxylic acids is 1. The first-order valence-corrected chi connectivity index (χ1v) is 5.61. The lowest BCUT2D eigenvalue weighted by Gasteiger charge is -2.14. The Balaban J connectivity index is 3.25. The van der Waals surface area contributed by atoms with Crippen molar-refractivity contribution in [2.75, 3.05) is 0 Å². The van der Waals surface area contributed by atoms with Crippen LogP contribution in [0.15, 0.2) is 23.1 Å². The molecule has 0 saturated heterocycles. The number of aliphatic hydroxyl groups excluding tert-OH is 1. The lowest BCUT2D eigenvalue weighted by Crippen LogP contribution is -2.13. The predicted molar refractivity (Wildman–Crippen MR) is 65.6 cm³/mol. The summed E-state index contributed by atoms with van der Waals surface area (Å²) in [6, 6.07) is 4.52. The molecule has 0 spiro atoms. The van der Waals surface area contributed by atoms with Crippen molar-refractivity contribution in [3.8, 4) is 0 Å². The average Bonchev–Trinajstić information content (AvgIpc) is 2.27. The molecule has 1 aromatic carbocycles. The van der Waals surface area contributed by atoms with E-state index in [0.29, 0.717) is 5.56 Å². The molecule has 0 fully saturated rings. The maximum atomic E-state index is 11.2. The number of benzene rings is 1. The number of alkyl halides is 1. The van der Waals surface area contributed by atoms with Gasteiger partial charge in [-0.2, -0.15) is 0 Å². The third-order valence-electron chi connectivity index (χ3n) is 2.26. The number of carboxylic acid groups (broad SMARTS) is 1. The lowest BCUT2D eigenvalue weighted by atomic mass is 10.0. The van der Waals surface area contributed by atoms with E-state index in [0.717, 1.165) is 0 Å². The number of thiol groups is 1. The molecule has 4 nitrogen and oxygen atoms in total. The maximum Gasteiger partial charge on any atom is 0.337 e. The van der Waals surface area contributed by atoms with Gasteiger partial charge in [-0.05, 0) is 12.5 Å². The highest BCUT2D eigenvalue weighted by molar-refractivity contribution is 7.80. The van der Waals surface area contributed by atoms with Gasteiger partial charge < -0.3 is 10.2 Å². The van der Waals surface area contributed by atoms with Crippen LogP contribution in [0.1, 0.15) is 29.5 Å². The lowest BCUT2D eigenvalue weighted by molar-refractivity contribution is -0.147. The standard InChI is InChI=1S/C11H11ClO4S/c1-5(13)8(12)6-3-2-4-7(10(6)17)9(14)11(15)16/h2-4,8-9,14,17H,1H3,(H,15,16). The van der Waals surface area contributed by atoms with Crippen molar-refractivity contribution < 1.29 is 19.8 Å². The van der Waals surface area contributed by atoms with Gasteiger partial charge in [0.2, 0.25) is 0 Å². The van der Waals surface area contributed by atoms with Crippen LogP contribution in [0.3, 0.4) is 0 Å². The van der Waals surface area contributed by atoms with E-state index in [9.17, 15) is 14.7 Å². The topological polar surface area (TPSA) is 74.6 Å². The molecule has 0 aromatic heterocycles. The summed E-state index contributed by atoms with van der Waals surface area (Å²) in [6.45, 7) is 1.32. The van der Waals surface area contributed by atoms with Crippen LogP contribution in [0, 0.1) is 0 Å². The number of ketones is 1. The Morgan fingerprint density at radius 2 is 1.88 bits per heavy atom. The van der Waals surface area contributed by atoms with Gasteiger partial charge >= 0.3 is 5.97 Å². The van der Waals surface area contributed by atoms with Crippen molar-refractivity contribution in [2.45, 2.75) is 23.3 Å². The summed E-state index contributed by atoms with van der Waals surface area (Å²) in [5, 5.41) is 17.3. The Bertz CT molecular complexity index is 423. The fraction of sp³-hybridized carbons (Fsp3) is 0.273. The quantitative estimate of drug-likeness (QED) is 0.580. The molecule has 0 bridgehead atoms. The highest BCUT2D eigenvalue weighted by atomic mass is 35.5. The van der Waals surface area contributed by atoms with E-state index in [2.05, 4.69) is 12.6 Å². The zero-order valence-electron chi connectivity index (χ0n) is 8.92. The van der Waals surface area contributed by atoms with Crippen LogP contribution >= 0.6 is 24.2 Å². The van der Waals surface area contributed by atoms with E-state index in [4.69, 9.17) is 16.7 Å². The zero-order chi connectivity index (χ0) is 13.2.